The highest BCUT2D eigenvalue weighted by atomic mass is 19.1. The summed E-state index contributed by atoms with van der Waals surface area (Å²) < 4.78 is 16.9. The molecule has 1 aliphatic carbocycles. The minimum absolute atomic E-state index is 0.151. The second-order valence-electron chi connectivity index (χ2n) is 8.53. The van der Waals surface area contributed by atoms with E-state index in [2.05, 4.69) is 11.8 Å². The van der Waals surface area contributed by atoms with E-state index >= 15 is 0 Å². The average molecular weight is 416 g/mol. The molecule has 7 heteroatoms. The first-order valence-electron chi connectivity index (χ1n) is 11.1. The summed E-state index contributed by atoms with van der Waals surface area (Å²) in [5.74, 6) is -1.73. The number of carbonyl (C=O) groups is 1. The lowest BCUT2D eigenvalue weighted by molar-refractivity contribution is 0.0695. The van der Waals surface area contributed by atoms with Gasteiger partial charge in [0.15, 0.2) is 0 Å². The molecule has 0 radical (unpaired) electrons. The first-order chi connectivity index (χ1) is 14.5. The van der Waals surface area contributed by atoms with E-state index in [4.69, 9.17) is 0 Å². The lowest BCUT2D eigenvalue weighted by Crippen LogP contribution is -2.47. The summed E-state index contributed by atoms with van der Waals surface area (Å²) >= 11 is 0. The van der Waals surface area contributed by atoms with Crippen molar-refractivity contribution in [1.29, 1.82) is 0 Å². The van der Waals surface area contributed by atoms with Gasteiger partial charge >= 0.3 is 5.97 Å². The van der Waals surface area contributed by atoms with Crippen LogP contribution in [0.3, 0.4) is 0 Å². The number of nitrogens with zero attached hydrogens (tertiary/aromatic N) is 3. The molecule has 0 amide bonds. The van der Waals surface area contributed by atoms with Crippen LogP contribution in [0.15, 0.2) is 23.1 Å². The normalized spacial score (nSPS) is 17.6. The molecule has 0 bridgehead atoms. The molecule has 30 heavy (non-hydrogen) atoms. The Balaban J connectivity index is 1.58. The molecular formula is C23H30FN3O3. The maximum atomic E-state index is 15.0. The van der Waals surface area contributed by atoms with Gasteiger partial charge in [0.1, 0.15) is 11.4 Å². The minimum atomic E-state index is -1.27. The van der Waals surface area contributed by atoms with Crippen LogP contribution in [0, 0.1) is 5.82 Å². The number of hydrogen-bond donors (Lipinski definition) is 1. The summed E-state index contributed by atoms with van der Waals surface area (Å²) in [5.41, 5.74) is 0.228. The molecule has 2 fully saturated rings. The fraction of sp³-hybridized carbons (Fsp3) is 0.565. The van der Waals surface area contributed by atoms with Gasteiger partial charge in [-0.1, -0.05) is 26.2 Å². The Hall–Kier alpha value is -2.41. The summed E-state index contributed by atoms with van der Waals surface area (Å²) in [6, 6.07) is 3.16. The van der Waals surface area contributed by atoms with Gasteiger partial charge in [-0.15, -0.1) is 0 Å². The van der Waals surface area contributed by atoms with Gasteiger partial charge < -0.3 is 14.6 Å². The van der Waals surface area contributed by atoms with E-state index in [-0.39, 0.29) is 17.0 Å². The Morgan fingerprint density at radius 1 is 1.13 bits per heavy atom. The van der Waals surface area contributed by atoms with E-state index < -0.39 is 17.2 Å². The van der Waals surface area contributed by atoms with Gasteiger partial charge in [-0.3, -0.25) is 9.69 Å². The van der Waals surface area contributed by atoms with Crippen molar-refractivity contribution in [3.8, 4) is 0 Å². The number of halogens is 1. The van der Waals surface area contributed by atoms with Crippen LogP contribution in [-0.4, -0.2) is 53.3 Å². The minimum Gasteiger partial charge on any atom is -0.477 e. The molecule has 2 aromatic rings. The molecule has 2 heterocycles. The van der Waals surface area contributed by atoms with Crippen molar-refractivity contribution >= 4 is 22.6 Å². The highest BCUT2D eigenvalue weighted by Crippen LogP contribution is 2.38. The lowest BCUT2D eigenvalue weighted by atomic mass is 10.1. The summed E-state index contributed by atoms with van der Waals surface area (Å²) in [5, 5.41) is 9.53. The number of hydrogen-bond acceptors (Lipinski definition) is 4. The van der Waals surface area contributed by atoms with Crippen molar-refractivity contribution in [2.24, 2.45) is 0 Å². The van der Waals surface area contributed by atoms with E-state index in [9.17, 15) is 19.1 Å². The van der Waals surface area contributed by atoms with E-state index in [1.165, 1.54) is 37.9 Å². The zero-order valence-electron chi connectivity index (χ0n) is 17.6. The van der Waals surface area contributed by atoms with Crippen LogP contribution in [0.5, 0.6) is 0 Å². The van der Waals surface area contributed by atoms with Gasteiger partial charge in [-0.05, 0) is 37.9 Å². The number of fused-ring (bicyclic) bond motifs is 1. The van der Waals surface area contributed by atoms with Crippen molar-refractivity contribution in [3.63, 3.8) is 0 Å². The number of aromatic nitrogens is 1. The number of carboxylic acid groups (broad SMARTS) is 1. The van der Waals surface area contributed by atoms with Crippen LogP contribution in [0.4, 0.5) is 10.1 Å². The first-order valence-corrected chi connectivity index (χ1v) is 11.1. The van der Waals surface area contributed by atoms with E-state index in [0.29, 0.717) is 11.2 Å². The van der Waals surface area contributed by atoms with Crippen molar-refractivity contribution < 1.29 is 14.3 Å². The van der Waals surface area contributed by atoms with Gasteiger partial charge in [0.25, 0.3) is 0 Å². The van der Waals surface area contributed by atoms with Crippen molar-refractivity contribution in [3.05, 3.63) is 39.9 Å². The number of piperazine rings is 1. The highest BCUT2D eigenvalue weighted by Gasteiger charge is 2.28. The maximum absolute atomic E-state index is 15.0. The second kappa shape index (κ2) is 8.76. The molecule has 0 atom stereocenters. The fourth-order valence-electron chi connectivity index (χ4n) is 4.38. The molecular weight excluding hydrogens is 385 g/mol. The van der Waals surface area contributed by atoms with Gasteiger partial charge in [-0.25, -0.2) is 9.18 Å². The average Bonchev–Trinajstić information content (AvgIpc) is 3.57. The van der Waals surface area contributed by atoms with Crippen molar-refractivity contribution in [2.75, 3.05) is 37.6 Å². The smallest absolute Gasteiger partial charge is 0.341 e. The Labute approximate surface area is 175 Å². The van der Waals surface area contributed by atoms with Gasteiger partial charge in [0, 0.05) is 43.8 Å². The molecule has 2 aliphatic rings. The molecule has 0 spiro atoms. The molecule has 1 saturated heterocycles. The summed E-state index contributed by atoms with van der Waals surface area (Å²) in [7, 11) is 0. The predicted molar refractivity (Wildman–Crippen MR) is 116 cm³/mol. The topological polar surface area (TPSA) is 65.8 Å². The van der Waals surface area contributed by atoms with Crippen LogP contribution in [0.25, 0.3) is 10.9 Å². The Kier molecular flexibility index (Phi) is 6.09. The number of pyridine rings is 1. The zero-order chi connectivity index (χ0) is 21.3. The molecule has 1 aromatic carbocycles. The third-order valence-electron chi connectivity index (χ3n) is 6.31. The molecule has 6 nitrogen and oxygen atoms in total. The number of rotatable bonds is 8. The van der Waals surface area contributed by atoms with E-state index in [1.807, 2.05) is 9.47 Å². The number of anilines is 1. The van der Waals surface area contributed by atoms with Gasteiger partial charge in [0.2, 0.25) is 5.43 Å². The quantitative estimate of drug-likeness (QED) is 0.663. The van der Waals surface area contributed by atoms with E-state index in [1.54, 1.807) is 6.07 Å². The largest absolute Gasteiger partial charge is 0.477 e. The lowest BCUT2D eigenvalue weighted by Gasteiger charge is -2.36. The fourth-order valence-corrected chi connectivity index (χ4v) is 4.38. The molecule has 4 rings (SSSR count). The van der Waals surface area contributed by atoms with Crippen LogP contribution in [0.2, 0.25) is 0 Å². The number of unbranched alkanes of at least 4 members (excludes halogenated alkanes) is 3. The number of aromatic carboxylic acids is 1. The standard InChI is InChI=1S/C23H30FN3O3/c1-2-3-4-5-8-25-9-11-26(12-10-25)21-14-20-17(13-19(21)24)22(28)18(23(29)30)15-27(20)16-6-7-16/h13-16H,2-12H2,1H3,(H,29,30). The zero-order valence-corrected chi connectivity index (χ0v) is 17.6. The Bertz CT molecular complexity index is 991. The summed E-state index contributed by atoms with van der Waals surface area (Å²) in [6.45, 7) is 6.59. The van der Waals surface area contributed by atoms with Crippen LogP contribution < -0.4 is 10.3 Å². The first kappa shape index (κ1) is 20.8. The maximum Gasteiger partial charge on any atom is 0.341 e. The number of benzene rings is 1. The van der Waals surface area contributed by atoms with Crippen LogP contribution in [-0.2, 0) is 0 Å². The molecule has 1 aliphatic heterocycles. The van der Waals surface area contributed by atoms with Crippen molar-refractivity contribution in [2.45, 2.75) is 51.5 Å². The van der Waals surface area contributed by atoms with Gasteiger partial charge in [0.05, 0.1) is 11.2 Å². The molecule has 1 aromatic heterocycles. The van der Waals surface area contributed by atoms with Crippen LogP contribution in [0.1, 0.15) is 61.8 Å². The highest BCUT2D eigenvalue weighted by molar-refractivity contribution is 5.93. The van der Waals surface area contributed by atoms with Gasteiger partial charge in [-0.2, -0.15) is 0 Å². The Morgan fingerprint density at radius 3 is 2.50 bits per heavy atom. The molecule has 162 valence electrons. The predicted octanol–water partition coefficient (Wildman–Crippen LogP) is 3.88. The summed E-state index contributed by atoms with van der Waals surface area (Å²) in [6.07, 6.45) is 8.29. The van der Waals surface area contributed by atoms with Crippen LogP contribution >= 0.6 is 0 Å². The molecule has 0 unspecified atom stereocenters. The SMILES string of the molecule is CCCCCCN1CCN(c2cc3c(cc2F)c(=O)c(C(=O)O)cn3C2CC2)CC1. The van der Waals surface area contributed by atoms with Crippen molar-refractivity contribution in [1.82, 2.24) is 9.47 Å². The molecule has 1 N–H and O–H groups in total. The monoisotopic (exact) mass is 415 g/mol. The third-order valence-corrected chi connectivity index (χ3v) is 6.31. The van der Waals surface area contributed by atoms with E-state index in [0.717, 1.165) is 45.6 Å². The number of carboxylic acids is 1. The molecule has 1 saturated carbocycles. The Morgan fingerprint density at radius 2 is 1.87 bits per heavy atom. The second-order valence-corrected chi connectivity index (χ2v) is 8.53. The third kappa shape index (κ3) is 4.21. The summed E-state index contributed by atoms with van der Waals surface area (Å²) in [4.78, 5) is 28.6.